The molecule has 0 spiro atoms. The predicted molar refractivity (Wildman–Crippen MR) is 77.0 cm³/mol. The van der Waals surface area contributed by atoms with Crippen molar-refractivity contribution in [1.29, 1.82) is 0 Å². The van der Waals surface area contributed by atoms with Crippen LogP contribution in [0.3, 0.4) is 0 Å². The highest BCUT2D eigenvalue weighted by Crippen LogP contribution is 2.29. The Morgan fingerprint density at radius 2 is 2.00 bits per heavy atom. The van der Waals surface area contributed by atoms with E-state index in [1.54, 1.807) is 0 Å². The first-order chi connectivity index (χ1) is 9.16. The van der Waals surface area contributed by atoms with E-state index in [0.717, 1.165) is 12.2 Å². The molecule has 3 heteroatoms. The average molecular weight is 263 g/mol. The van der Waals surface area contributed by atoms with Gasteiger partial charge in [0.1, 0.15) is 0 Å². The van der Waals surface area contributed by atoms with Gasteiger partial charge in [0.05, 0.1) is 18.8 Å². The maximum atomic E-state index is 9.93. The van der Waals surface area contributed by atoms with Gasteiger partial charge in [-0.15, -0.1) is 0 Å². The fourth-order valence-corrected chi connectivity index (χ4v) is 2.24. The molecule has 0 radical (unpaired) electrons. The smallest absolute Gasteiger partial charge is 0.0908 e. The van der Waals surface area contributed by atoms with E-state index < -0.39 is 5.54 Å². The fraction of sp³-hybridized carbons (Fsp3) is 0.625. The number of ether oxygens (including phenoxy) is 1. The van der Waals surface area contributed by atoms with Crippen LogP contribution in [0.2, 0.25) is 0 Å². The summed E-state index contributed by atoms with van der Waals surface area (Å²) in [7, 11) is 0. The summed E-state index contributed by atoms with van der Waals surface area (Å²) in [5, 5.41) is 13.5. The van der Waals surface area contributed by atoms with Crippen molar-refractivity contribution in [1.82, 2.24) is 5.32 Å². The lowest BCUT2D eigenvalue weighted by Gasteiger charge is -2.34. The maximum absolute atomic E-state index is 9.93. The fourth-order valence-electron chi connectivity index (χ4n) is 2.24. The van der Waals surface area contributed by atoms with Gasteiger partial charge in [0, 0.05) is 12.6 Å². The summed E-state index contributed by atoms with van der Waals surface area (Å²) >= 11 is 0. The number of hydrogen-bond donors (Lipinski definition) is 2. The van der Waals surface area contributed by atoms with E-state index in [1.807, 2.05) is 18.2 Å². The van der Waals surface area contributed by atoms with Crippen LogP contribution < -0.4 is 5.32 Å². The molecular formula is C16H25NO2. The SMILES string of the molecule is CC(C)COCC(CO)(NC1CC1)c1ccccc1. The number of hydrogen-bond acceptors (Lipinski definition) is 3. The lowest BCUT2D eigenvalue weighted by molar-refractivity contribution is 0.0215. The molecule has 1 aromatic rings. The van der Waals surface area contributed by atoms with Crippen molar-refractivity contribution < 1.29 is 9.84 Å². The molecule has 0 amide bonds. The molecule has 1 aromatic carbocycles. The van der Waals surface area contributed by atoms with Crippen LogP contribution in [0.25, 0.3) is 0 Å². The van der Waals surface area contributed by atoms with E-state index in [4.69, 9.17) is 4.74 Å². The summed E-state index contributed by atoms with van der Waals surface area (Å²) < 4.78 is 5.81. The molecule has 2 N–H and O–H groups in total. The average Bonchev–Trinajstić information content (AvgIpc) is 3.22. The molecule has 2 rings (SSSR count). The Balaban J connectivity index is 2.10. The molecule has 0 heterocycles. The van der Waals surface area contributed by atoms with Gasteiger partial charge >= 0.3 is 0 Å². The van der Waals surface area contributed by atoms with Gasteiger partial charge in [0.25, 0.3) is 0 Å². The van der Waals surface area contributed by atoms with Crippen LogP contribution in [-0.4, -0.2) is 31.0 Å². The van der Waals surface area contributed by atoms with Gasteiger partial charge in [-0.3, -0.25) is 0 Å². The minimum absolute atomic E-state index is 0.0611. The quantitative estimate of drug-likeness (QED) is 0.756. The summed E-state index contributed by atoms with van der Waals surface area (Å²) in [6, 6.07) is 10.7. The first kappa shape index (κ1) is 14.5. The molecule has 1 unspecified atom stereocenters. The van der Waals surface area contributed by atoms with Crippen LogP contribution >= 0.6 is 0 Å². The van der Waals surface area contributed by atoms with Gasteiger partial charge in [-0.2, -0.15) is 0 Å². The Bertz CT molecular complexity index is 376. The van der Waals surface area contributed by atoms with Crippen molar-refractivity contribution in [2.75, 3.05) is 19.8 Å². The zero-order chi connectivity index (χ0) is 13.7. The lowest BCUT2D eigenvalue weighted by Crippen LogP contribution is -2.50. The number of aliphatic hydroxyl groups excluding tert-OH is 1. The van der Waals surface area contributed by atoms with Crippen molar-refractivity contribution in [3.63, 3.8) is 0 Å². The lowest BCUT2D eigenvalue weighted by atomic mass is 9.91. The Kier molecular flexibility index (Phi) is 4.97. The number of benzene rings is 1. The Hall–Kier alpha value is -0.900. The molecule has 3 nitrogen and oxygen atoms in total. The minimum Gasteiger partial charge on any atom is -0.394 e. The van der Waals surface area contributed by atoms with Gasteiger partial charge in [-0.1, -0.05) is 44.2 Å². The van der Waals surface area contributed by atoms with Gasteiger partial charge < -0.3 is 15.2 Å². The monoisotopic (exact) mass is 263 g/mol. The van der Waals surface area contributed by atoms with E-state index in [-0.39, 0.29) is 6.61 Å². The normalized spacial score (nSPS) is 18.5. The highest BCUT2D eigenvalue weighted by molar-refractivity contribution is 5.25. The van der Waals surface area contributed by atoms with E-state index in [1.165, 1.54) is 12.8 Å². The largest absolute Gasteiger partial charge is 0.394 e. The molecule has 0 bridgehead atoms. The molecule has 106 valence electrons. The number of nitrogens with one attached hydrogen (secondary N) is 1. The third-order valence-corrected chi connectivity index (χ3v) is 3.45. The van der Waals surface area contributed by atoms with E-state index in [2.05, 4.69) is 31.3 Å². The standard InChI is InChI=1S/C16H25NO2/c1-13(2)10-19-12-16(11-18,17-15-8-9-15)14-6-4-3-5-7-14/h3-7,13,15,17-18H,8-12H2,1-2H3. The molecule has 1 atom stereocenters. The van der Waals surface area contributed by atoms with Gasteiger partial charge in [0.2, 0.25) is 0 Å². The molecule has 1 aliphatic carbocycles. The van der Waals surface area contributed by atoms with Gasteiger partial charge in [-0.25, -0.2) is 0 Å². The summed E-state index contributed by atoms with van der Waals surface area (Å²) in [5.74, 6) is 0.507. The molecule has 1 saturated carbocycles. The third kappa shape index (κ3) is 4.03. The molecule has 0 aromatic heterocycles. The van der Waals surface area contributed by atoms with E-state index >= 15 is 0 Å². The number of rotatable bonds is 8. The summed E-state index contributed by atoms with van der Waals surface area (Å²) in [5.41, 5.74) is 0.644. The van der Waals surface area contributed by atoms with Crippen LogP contribution in [0.15, 0.2) is 30.3 Å². The predicted octanol–water partition coefficient (Wildman–Crippen LogP) is 2.30. The maximum Gasteiger partial charge on any atom is 0.0908 e. The van der Waals surface area contributed by atoms with Crippen LogP contribution in [0.4, 0.5) is 0 Å². The zero-order valence-electron chi connectivity index (χ0n) is 11.9. The number of aliphatic hydroxyl groups is 1. The Morgan fingerprint density at radius 1 is 1.32 bits per heavy atom. The zero-order valence-corrected chi connectivity index (χ0v) is 11.9. The second-order valence-corrected chi connectivity index (χ2v) is 5.93. The molecular weight excluding hydrogens is 238 g/mol. The summed E-state index contributed by atoms with van der Waals surface area (Å²) in [6.45, 7) is 5.57. The Morgan fingerprint density at radius 3 is 2.53 bits per heavy atom. The molecule has 19 heavy (non-hydrogen) atoms. The van der Waals surface area contributed by atoms with E-state index in [9.17, 15) is 5.11 Å². The summed E-state index contributed by atoms with van der Waals surface area (Å²) in [6.07, 6.45) is 2.39. The Labute approximate surface area is 116 Å². The molecule has 0 saturated heterocycles. The van der Waals surface area contributed by atoms with Crippen LogP contribution in [-0.2, 0) is 10.3 Å². The van der Waals surface area contributed by atoms with Gasteiger partial charge in [0.15, 0.2) is 0 Å². The van der Waals surface area contributed by atoms with Crippen molar-refractivity contribution in [3.8, 4) is 0 Å². The molecule has 1 aliphatic rings. The highest BCUT2D eigenvalue weighted by Gasteiger charge is 2.37. The third-order valence-electron chi connectivity index (χ3n) is 3.45. The second-order valence-electron chi connectivity index (χ2n) is 5.93. The topological polar surface area (TPSA) is 41.5 Å². The van der Waals surface area contributed by atoms with Crippen molar-refractivity contribution in [3.05, 3.63) is 35.9 Å². The van der Waals surface area contributed by atoms with Crippen molar-refractivity contribution in [2.45, 2.75) is 38.3 Å². The van der Waals surface area contributed by atoms with Crippen LogP contribution in [0.1, 0.15) is 32.3 Å². The summed E-state index contributed by atoms with van der Waals surface area (Å²) in [4.78, 5) is 0. The van der Waals surface area contributed by atoms with Crippen molar-refractivity contribution >= 4 is 0 Å². The first-order valence-electron chi connectivity index (χ1n) is 7.18. The first-order valence-corrected chi connectivity index (χ1v) is 7.18. The molecule has 1 fully saturated rings. The van der Waals surface area contributed by atoms with Crippen LogP contribution in [0.5, 0.6) is 0 Å². The van der Waals surface area contributed by atoms with Crippen molar-refractivity contribution in [2.24, 2.45) is 5.92 Å². The van der Waals surface area contributed by atoms with E-state index in [0.29, 0.717) is 18.6 Å². The van der Waals surface area contributed by atoms with Crippen LogP contribution in [0, 0.1) is 5.92 Å². The van der Waals surface area contributed by atoms with Gasteiger partial charge in [-0.05, 0) is 24.3 Å². The second kappa shape index (κ2) is 6.51. The molecule has 0 aliphatic heterocycles. The minimum atomic E-state index is -0.461. The highest BCUT2D eigenvalue weighted by atomic mass is 16.5.